The summed E-state index contributed by atoms with van der Waals surface area (Å²) in [6.07, 6.45) is 0. The van der Waals surface area contributed by atoms with E-state index < -0.39 is 0 Å². The van der Waals surface area contributed by atoms with Crippen molar-refractivity contribution in [2.45, 2.75) is 0 Å². The number of anilines is 1. The van der Waals surface area contributed by atoms with Crippen molar-refractivity contribution in [3.8, 4) is 0 Å². The van der Waals surface area contributed by atoms with Gasteiger partial charge in [-0.2, -0.15) is 0 Å². The monoisotopic (exact) mass is 325 g/mol. The molecule has 0 atom stereocenters. The fourth-order valence-corrected chi connectivity index (χ4v) is 3.58. The molecule has 0 fully saturated rings. The predicted octanol–water partition coefficient (Wildman–Crippen LogP) is 4.24. The van der Waals surface area contributed by atoms with Crippen molar-refractivity contribution >= 4 is 59.8 Å². The molecular formula is C12H8INS. The number of benzene rings is 2. The number of halogens is 1. The molecule has 0 aliphatic carbocycles. The molecule has 1 aromatic heterocycles. The molecule has 0 amide bonds. The molecule has 0 saturated carbocycles. The number of hydrogen-bond acceptors (Lipinski definition) is 2. The SMILES string of the molecule is Nc1c(I)ccc2c1sc1ccccc12. The molecule has 0 radical (unpaired) electrons. The van der Waals surface area contributed by atoms with Gasteiger partial charge >= 0.3 is 0 Å². The van der Waals surface area contributed by atoms with Crippen LogP contribution in [0, 0.1) is 3.57 Å². The topological polar surface area (TPSA) is 26.0 Å². The number of nitrogen functional groups attached to an aromatic ring is 1. The molecular weight excluding hydrogens is 317 g/mol. The van der Waals surface area contributed by atoms with E-state index in [4.69, 9.17) is 5.73 Å². The lowest BCUT2D eigenvalue weighted by Crippen LogP contribution is -1.87. The zero-order chi connectivity index (χ0) is 10.4. The van der Waals surface area contributed by atoms with Gasteiger partial charge in [-0.15, -0.1) is 11.3 Å². The molecule has 2 aromatic carbocycles. The minimum Gasteiger partial charge on any atom is -0.397 e. The van der Waals surface area contributed by atoms with Crippen LogP contribution in [0.1, 0.15) is 0 Å². The quantitative estimate of drug-likeness (QED) is 0.485. The van der Waals surface area contributed by atoms with Crippen LogP contribution in [-0.2, 0) is 0 Å². The summed E-state index contributed by atoms with van der Waals surface area (Å²) in [7, 11) is 0. The van der Waals surface area contributed by atoms with Crippen molar-refractivity contribution in [2.75, 3.05) is 5.73 Å². The number of thiophene rings is 1. The largest absolute Gasteiger partial charge is 0.397 e. The summed E-state index contributed by atoms with van der Waals surface area (Å²) in [6, 6.07) is 12.7. The van der Waals surface area contributed by atoms with Crippen molar-refractivity contribution in [3.05, 3.63) is 40.0 Å². The summed E-state index contributed by atoms with van der Waals surface area (Å²) in [5.41, 5.74) is 7.00. The lowest BCUT2D eigenvalue weighted by Gasteiger charge is -1.98. The third kappa shape index (κ3) is 1.33. The lowest BCUT2D eigenvalue weighted by molar-refractivity contribution is 1.73. The van der Waals surface area contributed by atoms with Crippen LogP contribution in [0.3, 0.4) is 0 Å². The van der Waals surface area contributed by atoms with Crippen LogP contribution in [0.5, 0.6) is 0 Å². The molecule has 1 nitrogen and oxygen atoms in total. The Kier molecular flexibility index (Phi) is 2.10. The first kappa shape index (κ1) is 9.42. The summed E-state index contributed by atoms with van der Waals surface area (Å²) in [5, 5.41) is 2.58. The second-order valence-corrected chi connectivity index (χ2v) is 5.65. The van der Waals surface area contributed by atoms with Gasteiger partial charge in [-0.25, -0.2) is 0 Å². The van der Waals surface area contributed by atoms with Gasteiger partial charge in [-0.05, 0) is 34.7 Å². The van der Waals surface area contributed by atoms with Gasteiger partial charge in [0.15, 0.2) is 0 Å². The highest BCUT2D eigenvalue weighted by atomic mass is 127. The molecule has 3 heteroatoms. The molecule has 74 valence electrons. The lowest BCUT2D eigenvalue weighted by atomic mass is 10.1. The molecule has 0 spiro atoms. The van der Waals surface area contributed by atoms with Crippen molar-refractivity contribution in [3.63, 3.8) is 0 Å². The Bertz CT molecular complexity index is 657. The molecule has 0 unspecified atom stereocenters. The van der Waals surface area contributed by atoms with E-state index in [1.807, 2.05) is 0 Å². The highest BCUT2D eigenvalue weighted by Gasteiger charge is 2.08. The maximum Gasteiger partial charge on any atom is 0.0631 e. The normalized spacial score (nSPS) is 11.3. The fourth-order valence-electron chi connectivity index (χ4n) is 1.79. The van der Waals surface area contributed by atoms with Crippen molar-refractivity contribution in [2.24, 2.45) is 0 Å². The van der Waals surface area contributed by atoms with Gasteiger partial charge in [0, 0.05) is 19.0 Å². The van der Waals surface area contributed by atoms with Crippen molar-refractivity contribution in [1.29, 1.82) is 0 Å². The first-order chi connectivity index (χ1) is 7.27. The van der Waals surface area contributed by atoms with Crippen LogP contribution in [0.25, 0.3) is 20.2 Å². The molecule has 15 heavy (non-hydrogen) atoms. The first-order valence-electron chi connectivity index (χ1n) is 4.62. The van der Waals surface area contributed by atoms with Crippen LogP contribution >= 0.6 is 33.9 Å². The van der Waals surface area contributed by atoms with E-state index in [2.05, 4.69) is 59.0 Å². The summed E-state index contributed by atoms with van der Waals surface area (Å²) >= 11 is 4.05. The van der Waals surface area contributed by atoms with Crippen LogP contribution in [0.15, 0.2) is 36.4 Å². The van der Waals surface area contributed by atoms with E-state index >= 15 is 0 Å². The molecule has 0 saturated heterocycles. The molecule has 0 bridgehead atoms. The minimum atomic E-state index is 0.911. The molecule has 0 aliphatic rings. The Hall–Kier alpha value is -0.810. The van der Waals surface area contributed by atoms with Gasteiger partial charge in [0.05, 0.1) is 10.4 Å². The number of nitrogens with two attached hydrogens (primary N) is 1. The number of hydrogen-bond donors (Lipinski definition) is 1. The van der Waals surface area contributed by atoms with Crippen molar-refractivity contribution < 1.29 is 0 Å². The Morgan fingerprint density at radius 3 is 2.67 bits per heavy atom. The Labute approximate surface area is 105 Å². The summed E-state index contributed by atoms with van der Waals surface area (Å²) in [5.74, 6) is 0. The zero-order valence-corrected chi connectivity index (χ0v) is 10.8. The average Bonchev–Trinajstić information content (AvgIpc) is 2.63. The fraction of sp³-hybridized carbons (Fsp3) is 0. The van der Waals surface area contributed by atoms with Gasteiger partial charge in [0.25, 0.3) is 0 Å². The minimum absolute atomic E-state index is 0.911. The Morgan fingerprint density at radius 2 is 1.80 bits per heavy atom. The average molecular weight is 325 g/mol. The summed E-state index contributed by atoms with van der Waals surface area (Å²) in [6.45, 7) is 0. The molecule has 0 aliphatic heterocycles. The third-order valence-electron chi connectivity index (χ3n) is 2.53. The van der Waals surface area contributed by atoms with Gasteiger partial charge < -0.3 is 5.73 Å². The van der Waals surface area contributed by atoms with E-state index in [1.165, 1.54) is 20.2 Å². The van der Waals surface area contributed by atoms with Gasteiger partial charge in [-0.1, -0.05) is 24.3 Å². The van der Waals surface area contributed by atoms with E-state index in [-0.39, 0.29) is 0 Å². The maximum absolute atomic E-state index is 6.09. The number of fused-ring (bicyclic) bond motifs is 3. The maximum atomic E-state index is 6.09. The van der Waals surface area contributed by atoms with Gasteiger partial charge in [-0.3, -0.25) is 0 Å². The number of rotatable bonds is 0. The zero-order valence-electron chi connectivity index (χ0n) is 7.83. The van der Waals surface area contributed by atoms with Crippen LogP contribution in [-0.4, -0.2) is 0 Å². The van der Waals surface area contributed by atoms with Crippen molar-refractivity contribution in [1.82, 2.24) is 0 Å². The highest BCUT2D eigenvalue weighted by Crippen LogP contribution is 2.38. The molecule has 1 heterocycles. The summed E-state index contributed by atoms with van der Waals surface area (Å²) < 4.78 is 3.65. The van der Waals surface area contributed by atoms with Crippen LogP contribution in [0.2, 0.25) is 0 Å². The van der Waals surface area contributed by atoms with Gasteiger partial charge in [0.1, 0.15) is 0 Å². The van der Waals surface area contributed by atoms with E-state index in [9.17, 15) is 0 Å². The van der Waals surface area contributed by atoms with E-state index in [0.29, 0.717) is 0 Å². The first-order valence-corrected chi connectivity index (χ1v) is 6.52. The molecule has 3 rings (SSSR count). The third-order valence-corrected chi connectivity index (χ3v) is 4.69. The Balaban J connectivity index is 2.60. The van der Waals surface area contributed by atoms with Crippen LogP contribution < -0.4 is 5.73 Å². The standard InChI is InChI=1S/C12H8INS/c13-9-6-5-8-7-3-1-2-4-10(7)15-12(8)11(9)14/h1-6H,14H2. The highest BCUT2D eigenvalue weighted by molar-refractivity contribution is 14.1. The van der Waals surface area contributed by atoms with Gasteiger partial charge in [0.2, 0.25) is 0 Å². The van der Waals surface area contributed by atoms with E-state index in [1.54, 1.807) is 11.3 Å². The second-order valence-electron chi connectivity index (χ2n) is 3.44. The smallest absolute Gasteiger partial charge is 0.0631 e. The van der Waals surface area contributed by atoms with Crippen LogP contribution in [0.4, 0.5) is 5.69 Å². The Morgan fingerprint density at radius 1 is 1.00 bits per heavy atom. The second kappa shape index (κ2) is 3.35. The van der Waals surface area contributed by atoms with E-state index in [0.717, 1.165) is 9.26 Å². The molecule has 2 N–H and O–H groups in total. The summed E-state index contributed by atoms with van der Waals surface area (Å²) in [4.78, 5) is 0. The molecule has 3 aromatic rings. The predicted molar refractivity (Wildman–Crippen MR) is 76.5 cm³/mol.